The highest BCUT2D eigenvalue weighted by Crippen LogP contribution is 2.25. The van der Waals surface area contributed by atoms with Gasteiger partial charge in [-0.1, -0.05) is 33.1 Å². The summed E-state index contributed by atoms with van der Waals surface area (Å²) in [4.78, 5) is 0. The maximum absolute atomic E-state index is 6.06. The molecule has 0 aromatic heterocycles. The van der Waals surface area contributed by atoms with Crippen LogP contribution in [0.4, 0.5) is 0 Å². The first-order valence-electron chi connectivity index (χ1n) is 7.01. The molecule has 2 nitrogen and oxygen atoms in total. The van der Waals surface area contributed by atoms with Gasteiger partial charge in [0.1, 0.15) is 0 Å². The lowest BCUT2D eigenvalue weighted by atomic mass is 9.93. The molecule has 2 aliphatic rings. The van der Waals surface area contributed by atoms with Crippen LogP contribution in [0, 0.1) is 5.41 Å². The lowest BCUT2D eigenvalue weighted by Crippen LogP contribution is -2.36. The highest BCUT2D eigenvalue weighted by molar-refractivity contribution is 4.84. The molecule has 1 N–H and O–H groups in total. The highest BCUT2D eigenvalue weighted by Gasteiger charge is 2.26. The number of nitrogens with one attached hydrogen (secondary N) is 1. The molecule has 0 atom stereocenters. The second-order valence-electron chi connectivity index (χ2n) is 6.39. The minimum atomic E-state index is 0.292. The molecule has 0 saturated heterocycles. The molecule has 2 aliphatic carbocycles. The van der Waals surface area contributed by atoms with E-state index in [-0.39, 0.29) is 0 Å². The first-order chi connectivity index (χ1) is 7.66. The molecular formula is C14H27NO. The van der Waals surface area contributed by atoms with Crippen LogP contribution in [-0.2, 0) is 4.74 Å². The van der Waals surface area contributed by atoms with E-state index in [1.54, 1.807) is 0 Å². The molecule has 0 spiro atoms. The third-order valence-corrected chi connectivity index (χ3v) is 3.71. The third-order valence-electron chi connectivity index (χ3n) is 3.71. The summed E-state index contributed by atoms with van der Waals surface area (Å²) >= 11 is 0. The van der Waals surface area contributed by atoms with E-state index >= 15 is 0 Å². The zero-order valence-corrected chi connectivity index (χ0v) is 10.9. The monoisotopic (exact) mass is 225 g/mol. The van der Waals surface area contributed by atoms with Gasteiger partial charge < -0.3 is 10.1 Å². The SMILES string of the molecule is CC(C)(CNC1CC1)COC1CCCCC1. The summed E-state index contributed by atoms with van der Waals surface area (Å²) in [6.45, 7) is 6.64. The fourth-order valence-electron chi connectivity index (χ4n) is 2.33. The molecule has 0 aliphatic heterocycles. The number of hydrogen-bond acceptors (Lipinski definition) is 2. The van der Waals surface area contributed by atoms with Gasteiger partial charge in [0.15, 0.2) is 0 Å². The molecule has 0 aromatic rings. The van der Waals surface area contributed by atoms with Crippen molar-refractivity contribution in [3.05, 3.63) is 0 Å². The van der Waals surface area contributed by atoms with Crippen molar-refractivity contribution in [3.63, 3.8) is 0 Å². The van der Waals surface area contributed by atoms with E-state index in [9.17, 15) is 0 Å². The van der Waals surface area contributed by atoms with Gasteiger partial charge in [-0.3, -0.25) is 0 Å². The van der Waals surface area contributed by atoms with Crippen LogP contribution in [-0.4, -0.2) is 25.3 Å². The van der Waals surface area contributed by atoms with Crippen molar-refractivity contribution in [1.82, 2.24) is 5.32 Å². The summed E-state index contributed by atoms with van der Waals surface area (Å²) in [7, 11) is 0. The van der Waals surface area contributed by atoms with E-state index in [1.165, 1.54) is 44.9 Å². The van der Waals surface area contributed by atoms with E-state index in [2.05, 4.69) is 19.2 Å². The van der Waals surface area contributed by atoms with Crippen LogP contribution in [0.25, 0.3) is 0 Å². The van der Waals surface area contributed by atoms with Crippen LogP contribution in [0.2, 0.25) is 0 Å². The summed E-state index contributed by atoms with van der Waals surface area (Å²) < 4.78 is 6.06. The summed E-state index contributed by atoms with van der Waals surface area (Å²) in [5, 5.41) is 3.60. The average Bonchev–Trinajstić information content (AvgIpc) is 3.09. The maximum Gasteiger partial charge on any atom is 0.0575 e. The lowest BCUT2D eigenvalue weighted by molar-refractivity contribution is -0.0145. The van der Waals surface area contributed by atoms with Gasteiger partial charge in [0.2, 0.25) is 0 Å². The van der Waals surface area contributed by atoms with Gasteiger partial charge in [0.25, 0.3) is 0 Å². The van der Waals surface area contributed by atoms with E-state index in [0.717, 1.165) is 19.2 Å². The highest BCUT2D eigenvalue weighted by atomic mass is 16.5. The number of rotatable bonds is 6. The Kier molecular flexibility index (Phi) is 4.26. The van der Waals surface area contributed by atoms with E-state index in [0.29, 0.717) is 11.5 Å². The fourth-order valence-corrected chi connectivity index (χ4v) is 2.33. The van der Waals surface area contributed by atoms with Gasteiger partial charge in [-0.15, -0.1) is 0 Å². The molecule has 2 rings (SSSR count). The molecular weight excluding hydrogens is 198 g/mol. The van der Waals surface area contributed by atoms with Gasteiger partial charge in [0, 0.05) is 18.0 Å². The van der Waals surface area contributed by atoms with Gasteiger partial charge >= 0.3 is 0 Å². The second kappa shape index (κ2) is 5.50. The predicted octanol–water partition coefficient (Wildman–Crippen LogP) is 3.11. The Labute approximate surface area is 100 Å². The van der Waals surface area contributed by atoms with Gasteiger partial charge in [-0.05, 0) is 25.7 Å². The minimum Gasteiger partial charge on any atom is -0.378 e. The molecule has 0 radical (unpaired) electrons. The minimum absolute atomic E-state index is 0.292. The van der Waals surface area contributed by atoms with Crippen LogP contribution in [0.15, 0.2) is 0 Å². The molecule has 0 amide bonds. The molecule has 2 fully saturated rings. The first kappa shape index (κ1) is 12.4. The standard InChI is InChI=1S/C14H27NO/c1-14(2,10-15-12-8-9-12)11-16-13-6-4-3-5-7-13/h12-13,15H,3-11H2,1-2H3. The largest absolute Gasteiger partial charge is 0.378 e. The van der Waals surface area contributed by atoms with Crippen molar-refractivity contribution >= 4 is 0 Å². The van der Waals surface area contributed by atoms with E-state index in [4.69, 9.17) is 4.74 Å². The molecule has 2 heteroatoms. The molecule has 0 unspecified atom stereocenters. The third kappa shape index (κ3) is 4.42. The van der Waals surface area contributed by atoms with Gasteiger partial charge in [0.05, 0.1) is 12.7 Å². The zero-order valence-electron chi connectivity index (χ0n) is 10.9. The van der Waals surface area contributed by atoms with Crippen molar-refractivity contribution in [3.8, 4) is 0 Å². The maximum atomic E-state index is 6.06. The number of ether oxygens (including phenoxy) is 1. The Morgan fingerprint density at radius 1 is 1.06 bits per heavy atom. The molecule has 2 saturated carbocycles. The number of hydrogen-bond donors (Lipinski definition) is 1. The Hall–Kier alpha value is -0.0800. The molecule has 94 valence electrons. The van der Waals surface area contributed by atoms with E-state index in [1.807, 2.05) is 0 Å². The summed E-state index contributed by atoms with van der Waals surface area (Å²) in [6, 6.07) is 0.814. The van der Waals surface area contributed by atoms with Gasteiger partial charge in [-0.25, -0.2) is 0 Å². The van der Waals surface area contributed by atoms with Crippen LogP contribution in [0.3, 0.4) is 0 Å². The van der Waals surface area contributed by atoms with Crippen molar-refractivity contribution < 1.29 is 4.74 Å². The smallest absolute Gasteiger partial charge is 0.0575 e. The van der Waals surface area contributed by atoms with Crippen LogP contribution < -0.4 is 5.32 Å². The fraction of sp³-hybridized carbons (Fsp3) is 1.00. The van der Waals surface area contributed by atoms with Gasteiger partial charge in [-0.2, -0.15) is 0 Å². The van der Waals surface area contributed by atoms with Crippen molar-refractivity contribution in [2.45, 2.75) is 70.9 Å². The Morgan fingerprint density at radius 3 is 2.38 bits per heavy atom. The molecule has 16 heavy (non-hydrogen) atoms. The summed E-state index contributed by atoms with van der Waals surface area (Å²) in [5.41, 5.74) is 0.292. The molecule has 0 heterocycles. The Balaban J connectivity index is 1.61. The zero-order chi connectivity index (χ0) is 11.4. The van der Waals surface area contributed by atoms with Crippen LogP contribution in [0.1, 0.15) is 58.8 Å². The van der Waals surface area contributed by atoms with Crippen molar-refractivity contribution in [1.29, 1.82) is 0 Å². The average molecular weight is 225 g/mol. The topological polar surface area (TPSA) is 21.3 Å². The summed E-state index contributed by atoms with van der Waals surface area (Å²) in [6.07, 6.45) is 10.0. The first-order valence-corrected chi connectivity index (χ1v) is 7.01. The molecule has 0 aromatic carbocycles. The summed E-state index contributed by atoms with van der Waals surface area (Å²) in [5.74, 6) is 0. The van der Waals surface area contributed by atoms with Crippen molar-refractivity contribution in [2.75, 3.05) is 13.2 Å². The predicted molar refractivity (Wildman–Crippen MR) is 67.6 cm³/mol. The normalized spacial score (nSPS) is 23.6. The molecule has 0 bridgehead atoms. The lowest BCUT2D eigenvalue weighted by Gasteiger charge is -2.29. The Bertz CT molecular complexity index is 205. The quantitative estimate of drug-likeness (QED) is 0.750. The van der Waals surface area contributed by atoms with E-state index < -0.39 is 0 Å². The Morgan fingerprint density at radius 2 is 1.75 bits per heavy atom. The van der Waals surface area contributed by atoms with Crippen LogP contribution in [0.5, 0.6) is 0 Å². The second-order valence-corrected chi connectivity index (χ2v) is 6.39. The van der Waals surface area contributed by atoms with Crippen molar-refractivity contribution in [2.24, 2.45) is 5.41 Å². The van der Waals surface area contributed by atoms with Crippen LogP contribution >= 0.6 is 0 Å².